The van der Waals surface area contributed by atoms with E-state index in [2.05, 4.69) is 74.6 Å². The number of aliphatic carboxylic acids is 1. The van der Waals surface area contributed by atoms with Gasteiger partial charge in [-0.2, -0.15) is 0 Å². The molecule has 8 nitrogen and oxygen atoms in total. The van der Waals surface area contributed by atoms with Gasteiger partial charge in [0.25, 0.3) is 0 Å². The Morgan fingerprint density at radius 3 is 1.28 bits per heavy atom. The molecule has 376 valence electrons. The smallest absolute Gasteiger partial charge is 0.362 e. The number of carboxylic acids is 1. The van der Waals surface area contributed by atoms with Crippen molar-refractivity contribution in [2.45, 2.75) is 244 Å². The van der Waals surface area contributed by atoms with Crippen LogP contribution in [-0.4, -0.2) is 80.6 Å². The summed E-state index contributed by atoms with van der Waals surface area (Å²) in [6.45, 7) is 4.63. The number of nitrogens with zero attached hydrogens (tertiary/aromatic N) is 1. The van der Waals surface area contributed by atoms with Crippen LogP contribution >= 0.6 is 0 Å². The maximum atomic E-state index is 12.8. The van der Waals surface area contributed by atoms with Gasteiger partial charge < -0.3 is 23.8 Å². The average molecular weight is 913 g/mol. The molecule has 2 atom stereocenters. The second-order valence-corrected chi connectivity index (χ2v) is 19.1. The van der Waals surface area contributed by atoms with Gasteiger partial charge in [-0.05, 0) is 77.0 Å². The number of carbonyl (C=O) groups excluding carboxylic acids is 2. The molecule has 0 radical (unpaired) electrons. The van der Waals surface area contributed by atoms with E-state index in [4.69, 9.17) is 14.2 Å². The van der Waals surface area contributed by atoms with E-state index < -0.39 is 18.1 Å². The topological polar surface area (TPSA) is 99.1 Å². The summed E-state index contributed by atoms with van der Waals surface area (Å²) in [5.41, 5.74) is 0. The lowest BCUT2D eigenvalue weighted by Gasteiger charge is -2.31. The Kier molecular flexibility index (Phi) is 45.3. The number of carboxylic acid groups (broad SMARTS) is 1. The molecule has 0 aromatic rings. The molecule has 1 N–H and O–H groups in total. The van der Waals surface area contributed by atoms with Crippen molar-refractivity contribution < 1.29 is 38.2 Å². The van der Waals surface area contributed by atoms with E-state index in [1.807, 2.05) is 21.1 Å². The number of hydrogen-bond donors (Lipinski definition) is 1. The van der Waals surface area contributed by atoms with Gasteiger partial charge in [-0.3, -0.25) is 9.59 Å². The molecule has 0 fully saturated rings. The van der Waals surface area contributed by atoms with Crippen LogP contribution in [0.1, 0.15) is 232 Å². The predicted octanol–water partition coefficient (Wildman–Crippen LogP) is 15.7. The zero-order chi connectivity index (χ0) is 47.7. The monoisotopic (exact) mass is 913 g/mol. The van der Waals surface area contributed by atoms with E-state index in [1.54, 1.807) is 0 Å². The fourth-order valence-corrected chi connectivity index (χ4v) is 7.78. The second kappa shape index (κ2) is 47.5. The highest BCUT2D eigenvalue weighted by Gasteiger charge is 2.31. The van der Waals surface area contributed by atoms with E-state index >= 15 is 0 Å². The quantitative estimate of drug-likeness (QED) is 0.0281. The molecular weight excluding hydrogens is 811 g/mol. The summed E-state index contributed by atoms with van der Waals surface area (Å²) in [4.78, 5) is 37.2. The van der Waals surface area contributed by atoms with Crippen LogP contribution in [0, 0.1) is 0 Å². The molecule has 0 saturated carbocycles. The van der Waals surface area contributed by atoms with Gasteiger partial charge >= 0.3 is 17.9 Å². The standard InChI is InChI=1S/C57H101NO7/c1-6-8-10-12-14-16-18-20-22-24-26-27-28-30-31-33-35-37-39-41-43-45-47-55(59)64-52-53(51-63-50-49-54(57(61)62)58(3,4)5)65-56(60)48-46-44-42-40-38-36-34-32-29-25-23-21-19-17-15-13-11-9-7-2/h9,11,15,17,21,23-24,26,28,30,53-54H,6-8,10,12-14,16,18-20,22,25,27,29,31-52H2,1-5H3/p+1/b11-9+,17-15+,23-21+,26-24+,30-28+. The summed E-state index contributed by atoms with van der Waals surface area (Å²) in [5, 5.41) is 9.66. The number of allylic oxidation sites excluding steroid dienone is 10. The summed E-state index contributed by atoms with van der Waals surface area (Å²) < 4.78 is 17.4. The summed E-state index contributed by atoms with van der Waals surface area (Å²) in [6.07, 6.45) is 59.9. The van der Waals surface area contributed by atoms with Gasteiger partial charge in [0.1, 0.15) is 6.61 Å². The van der Waals surface area contributed by atoms with Crippen LogP contribution in [-0.2, 0) is 28.6 Å². The number of likely N-dealkylation sites (N-methyl/N-ethyl adjacent to an activating group) is 1. The maximum Gasteiger partial charge on any atom is 0.362 e. The third-order valence-corrected chi connectivity index (χ3v) is 11.9. The van der Waals surface area contributed by atoms with Crippen molar-refractivity contribution in [3.63, 3.8) is 0 Å². The summed E-state index contributed by atoms with van der Waals surface area (Å²) in [5.74, 6) is -1.48. The predicted molar refractivity (Wildman–Crippen MR) is 275 cm³/mol. The minimum Gasteiger partial charge on any atom is -0.477 e. The van der Waals surface area contributed by atoms with Crippen molar-refractivity contribution in [1.29, 1.82) is 0 Å². The van der Waals surface area contributed by atoms with E-state index in [0.717, 1.165) is 77.0 Å². The Morgan fingerprint density at radius 2 is 0.862 bits per heavy atom. The Bertz CT molecular complexity index is 1250. The van der Waals surface area contributed by atoms with E-state index in [9.17, 15) is 19.5 Å². The minimum absolute atomic E-state index is 0.0551. The third kappa shape index (κ3) is 46.0. The maximum absolute atomic E-state index is 12.8. The number of hydrogen-bond acceptors (Lipinski definition) is 6. The van der Waals surface area contributed by atoms with Gasteiger partial charge in [-0.25, -0.2) is 4.79 Å². The van der Waals surface area contributed by atoms with Gasteiger partial charge in [0, 0.05) is 19.3 Å². The lowest BCUT2D eigenvalue weighted by atomic mass is 10.1. The number of quaternary nitrogens is 1. The summed E-state index contributed by atoms with van der Waals surface area (Å²) in [6, 6.07) is -0.620. The Morgan fingerprint density at radius 1 is 0.477 bits per heavy atom. The van der Waals surface area contributed by atoms with Gasteiger partial charge in [-0.15, -0.1) is 0 Å². The highest BCUT2D eigenvalue weighted by molar-refractivity contribution is 5.72. The Hall–Kier alpha value is -2.97. The molecule has 0 aromatic carbocycles. The molecule has 8 heteroatoms. The van der Waals surface area contributed by atoms with E-state index in [-0.39, 0.29) is 36.2 Å². The molecule has 0 saturated heterocycles. The number of ether oxygens (including phenoxy) is 3. The van der Waals surface area contributed by atoms with Crippen molar-refractivity contribution in [3.8, 4) is 0 Å². The molecule has 0 aliphatic rings. The van der Waals surface area contributed by atoms with E-state index in [0.29, 0.717) is 19.3 Å². The molecule has 0 aromatic heterocycles. The molecule has 0 heterocycles. The fraction of sp³-hybridized carbons (Fsp3) is 0.772. The molecule has 0 aliphatic heterocycles. The van der Waals surface area contributed by atoms with Gasteiger partial charge in [0.15, 0.2) is 12.1 Å². The largest absolute Gasteiger partial charge is 0.477 e. The Labute approximate surface area is 400 Å². The molecule has 0 aliphatic carbocycles. The lowest BCUT2D eigenvalue weighted by Crippen LogP contribution is -2.50. The van der Waals surface area contributed by atoms with Crippen molar-refractivity contribution in [1.82, 2.24) is 0 Å². The number of carbonyl (C=O) groups is 3. The first-order chi connectivity index (χ1) is 31.6. The van der Waals surface area contributed by atoms with Crippen LogP contribution in [0.25, 0.3) is 0 Å². The molecular formula is C57H102NO7+. The average Bonchev–Trinajstić information content (AvgIpc) is 3.27. The number of rotatable bonds is 48. The highest BCUT2D eigenvalue weighted by Crippen LogP contribution is 2.15. The highest BCUT2D eigenvalue weighted by atomic mass is 16.6. The zero-order valence-electron chi connectivity index (χ0n) is 42.9. The van der Waals surface area contributed by atoms with Crippen LogP contribution in [0.15, 0.2) is 60.8 Å². The zero-order valence-corrected chi connectivity index (χ0v) is 42.9. The van der Waals surface area contributed by atoms with Gasteiger partial charge in [0.2, 0.25) is 0 Å². The molecule has 0 spiro atoms. The Balaban J connectivity index is 4.24. The molecule has 2 unspecified atom stereocenters. The first kappa shape index (κ1) is 62.0. The van der Waals surface area contributed by atoms with Crippen LogP contribution in [0.4, 0.5) is 0 Å². The third-order valence-electron chi connectivity index (χ3n) is 11.9. The fourth-order valence-electron chi connectivity index (χ4n) is 7.78. The van der Waals surface area contributed by atoms with Gasteiger partial charge in [0.05, 0.1) is 34.4 Å². The number of esters is 2. The van der Waals surface area contributed by atoms with Crippen molar-refractivity contribution in [2.75, 3.05) is 41.0 Å². The minimum atomic E-state index is -0.877. The van der Waals surface area contributed by atoms with Crippen LogP contribution in [0.5, 0.6) is 0 Å². The first-order valence-corrected chi connectivity index (χ1v) is 26.8. The molecule has 0 amide bonds. The van der Waals surface area contributed by atoms with Crippen LogP contribution < -0.4 is 0 Å². The normalized spacial score (nSPS) is 13.3. The first-order valence-electron chi connectivity index (χ1n) is 26.8. The second-order valence-electron chi connectivity index (χ2n) is 19.1. The SMILES string of the molecule is CC/C=C/C/C=C/C/C=C/CCCCCCCCCCCC(=O)OC(COCCC(C(=O)O)[N+](C)(C)C)COC(=O)CCCCCCCCC/C=C/C/C=C/CCCCCCCCCC. The summed E-state index contributed by atoms with van der Waals surface area (Å²) in [7, 11) is 5.53. The van der Waals surface area contributed by atoms with E-state index in [1.165, 1.54) is 122 Å². The van der Waals surface area contributed by atoms with Crippen LogP contribution in [0.2, 0.25) is 0 Å². The lowest BCUT2D eigenvalue weighted by molar-refractivity contribution is -0.887. The molecule has 0 bridgehead atoms. The van der Waals surface area contributed by atoms with Crippen molar-refractivity contribution >= 4 is 17.9 Å². The summed E-state index contributed by atoms with van der Waals surface area (Å²) >= 11 is 0. The van der Waals surface area contributed by atoms with Crippen LogP contribution in [0.3, 0.4) is 0 Å². The van der Waals surface area contributed by atoms with Gasteiger partial charge in [-0.1, -0.05) is 197 Å². The van der Waals surface area contributed by atoms with Crippen molar-refractivity contribution in [3.05, 3.63) is 60.8 Å². The molecule has 65 heavy (non-hydrogen) atoms. The molecule has 0 rings (SSSR count). The van der Waals surface area contributed by atoms with Crippen molar-refractivity contribution in [2.24, 2.45) is 0 Å². The number of unbranched alkanes of at least 4 members (excludes halogenated alkanes) is 24.